The zero-order valence-electron chi connectivity index (χ0n) is 19.4. The lowest BCUT2D eigenvalue weighted by Gasteiger charge is -2.32. The van der Waals surface area contributed by atoms with E-state index in [2.05, 4.69) is 54.6 Å². The van der Waals surface area contributed by atoms with Crippen LogP contribution in [0.4, 0.5) is 23.5 Å². The van der Waals surface area contributed by atoms with Crippen molar-refractivity contribution < 1.29 is 5.11 Å². The summed E-state index contributed by atoms with van der Waals surface area (Å²) in [5, 5.41) is 16.5. The second-order valence-corrected chi connectivity index (χ2v) is 8.56. The monoisotopic (exact) mass is 456 g/mol. The number of phenolic OH excluding ortho intramolecular Hbond substituents is 1. The topological polar surface area (TPSA) is 102 Å². The van der Waals surface area contributed by atoms with Crippen LogP contribution in [-0.4, -0.2) is 70.6 Å². The van der Waals surface area contributed by atoms with E-state index >= 15 is 0 Å². The maximum atomic E-state index is 10.1. The van der Waals surface area contributed by atoms with Crippen LogP contribution in [0.2, 0.25) is 0 Å². The summed E-state index contributed by atoms with van der Waals surface area (Å²) >= 11 is 0. The van der Waals surface area contributed by atoms with Gasteiger partial charge in [-0.25, -0.2) is 0 Å². The fraction of sp³-hybridized carbons (Fsp3) is 0.280. The molecule has 1 fully saturated rings. The van der Waals surface area contributed by atoms with E-state index in [9.17, 15) is 5.11 Å². The van der Waals surface area contributed by atoms with Crippen molar-refractivity contribution in [1.82, 2.24) is 19.9 Å². The number of aromatic nitrogens is 3. The molecule has 9 heteroatoms. The van der Waals surface area contributed by atoms with E-state index in [0.29, 0.717) is 35.9 Å². The van der Waals surface area contributed by atoms with E-state index in [1.54, 1.807) is 6.07 Å². The number of phenols is 1. The lowest BCUT2D eigenvalue weighted by Crippen LogP contribution is -2.45. The van der Waals surface area contributed by atoms with E-state index in [4.69, 9.17) is 4.98 Å². The minimum absolute atomic E-state index is 0.218. The van der Waals surface area contributed by atoms with E-state index < -0.39 is 0 Å². The molecular weight excluding hydrogens is 428 g/mol. The third kappa shape index (κ3) is 4.99. The van der Waals surface area contributed by atoms with Gasteiger partial charge in [-0.15, -0.1) is 0 Å². The summed E-state index contributed by atoms with van der Waals surface area (Å²) in [4.78, 5) is 23.0. The van der Waals surface area contributed by atoms with Crippen molar-refractivity contribution in [2.24, 2.45) is 4.99 Å². The van der Waals surface area contributed by atoms with Crippen LogP contribution < -0.4 is 15.5 Å². The Balaban J connectivity index is 1.41. The molecule has 34 heavy (non-hydrogen) atoms. The average molecular weight is 457 g/mol. The standard InChI is InChI=1S/C25H28N8O/c1-17-8-9-20(15-21(17)34)27-23-29-24(31-25(30-23)33-12-10-32(2)11-13-33)28-22-14-19(16-26-22)18-6-4-3-5-7-18/h3-9,14-15,34H,10-13,16H2,1-2H3,(H2,26,27,28,29,30,31). The van der Waals surface area contributed by atoms with Crippen LogP contribution in [0.15, 0.2) is 59.6 Å². The second-order valence-electron chi connectivity index (χ2n) is 8.56. The predicted molar refractivity (Wildman–Crippen MR) is 136 cm³/mol. The van der Waals surface area contributed by atoms with Crippen molar-refractivity contribution >= 4 is 34.9 Å². The molecule has 2 aliphatic heterocycles. The van der Waals surface area contributed by atoms with Gasteiger partial charge in [0.05, 0.1) is 6.54 Å². The van der Waals surface area contributed by atoms with Crippen LogP contribution in [0.3, 0.4) is 0 Å². The quantitative estimate of drug-likeness (QED) is 0.538. The Morgan fingerprint density at radius 2 is 1.62 bits per heavy atom. The van der Waals surface area contributed by atoms with Crippen LogP contribution in [-0.2, 0) is 0 Å². The molecule has 0 radical (unpaired) electrons. The number of aliphatic imine (C=N–C) groups is 1. The Hall–Kier alpha value is -3.98. The molecule has 174 valence electrons. The minimum Gasteiger partial charge on any atom is -0.508 e. The molecule has 9 nitrogen and oxygen atoms in total. The molecule has 1 aromatic heterocycles. The largest absolute Gasteiger partial charge is 0.508 e. The van der Waals surface area contributed by atoms with Gasteiger partial charge in [0.1, 0.15) is 11.6 Å². The Labute approximate surface area is 198 Å². The SMILES string of the molecule is Cc1ccc(Nc2nc(NC3=NCC(c4ccccc4)=C3)nc(N3CCN(C)CC3)n2)cc1O. The average Bonchev–Trinajstić information content (AvgIpc) is 3.31. The number of anilines is 4. The highest BCUT2D eigenvalue weighted by atomic mass is 16.3. The van der Waals surface area contributed by atoms with Gasteiger partial charge in [-0.1, -0.05) is 36.4 Å². The molecule has 0 amide bonds. The molecule has 3 aromatic rings. The van der Waals surface area contributed by atoms with Crippen molar-refractivity contribution in [3.8, 4) is 5.75 Å². The second kappa shape index (κ2) is 9.48. The molecule has 0 atom stereocenters. The Morgan fingerprint density at radius 1 is 0.882 bits per heavy atom. The number of hydrogen-bond donors (Lipinski definition) is 3. The lowest BCUT2D eigenvalue weighted by molar-refractivity contribution is 0.311. The molecule has 3 heterocycles. The third-order valence-corrected chi connectivity index (χ3v) is 5.99. The molecule has 3 N–H and O–H groups in total. The number of aryl methyl sites for hydroxylation is 1. The molecule has 1 saturated heterocycles. The van der Waals surface area contributed by atoms with Crippen LogP contribution in [0.5, 0.6) is 5.75 Å². The number of rotatable bonds is 5. The first-order valence-electron chi connectivity index (χ1n) is 11.4. The number of aromatic hydroxyl groups is 1. The molecule has 0 saturated carbocycles. The van der Waals surface area contributed by atoms with Crippen molar-refractivity contribution in [3.05, 3.63) is 65.7 Å². The van der Waals surface area contributed by atoms with Crippen molar-refractivity contribution in [3.63, 3.8) is 0 Å². The van der Waals surface area contributed by atoms with Gasteiger partial charge in [-0.05, 0) is 42.8 Å². The van der Waals surface area contributed by atoms with Crippen molar-refractivity contribution in [2.45, 2.75) is 6.92 Å². The number of likely N-dealkylation sites (N-methyl/N-ethyl adjacent to an activating group) is 1. The van der Waals surface area contributed by atoms with Gasteiger partial charge in [0, 0.05) is 37.9 Å². The van der Waals surface area contributed by atoms with Crippen LogP contribution in [0, 0.1) is 6.92 Å². The fourth-order valence-electron chi connectivity index (χ4n) is 3.88. The molecule has 5 rings (SSSR count). The normalized spacial score (nSPS) is 16.2. The molecule has 2 aliphatic rings. The van der Waals surface area contributed by atoms with Crippen LogP contribution in [0.1, 0.15) is 11.1 Å². The highest BCUT2D eigenvalue weighted by molar-refractivity contribution is 6.10. The predicted octanol–water partition coefficient (Wildman–Crippen LogP) is 3.29. The summed E-state index contributed by atoms with van der Waals surface area (Å²) in [6.45, 7) is 6.02. The van der Waals surface area contributed by atoms with E-state index in [1.165, 1.54) is 0 Å². The Morgan fingerprint density at radius 3 is 2.35 bits per heavy atom. The number of hydrogen-bond acceptors (Lipinski definition) is 9. The summed E-state index contributed by atoms with van der Waals surface area (Å²) in [5.41, 5.74) is 3.80. The number of amidine groups is 1. The molecule has 0 unspecified atom stereocenters. The van der Waals surface area contributed by atoms with Crippen molar-refractivity contribution in [1.29, 1.82) is 0 Å². The molecule has 0 spiro atoms. The van der Waals surface area contributed by atoms with Gasteiger partial charge in [0.15, 0.2) is 0 Å². The summed E-state index contributed by atoms with van der Waals surface area (Å²) in [5.74, 6) is 2.37. The maximum absolute atomic E-state index is 10.1. The van der Waals surface area contributed by atoms with Gasteiger partial charge >= 0.3 is 0 Å². The van der Waals surface area contributed by atoms with Gasteiger partial charge in [-0.3, -0.25) is 4.99 Å². The molecule has 0 aliphatic carbocycles. The number of nitrogens with zero attached hydrogens (tertiary/aromatic N) is 6. The van der Waals surface area contributed by atoms with Gasteiger partial charge in [0.2, 0.25) is 17.8 Å². The van der Waals surface area contributed by atoms with Gasteiger partial charge in [0.25, 0.3) is 0 Å². The Bertz CT molecular complexity index is 1230. The van der Waals surface area contributed by atoms with Gasteiger partial charge in [-0.2, -0.15) is 15.0 Å². The van der Waals surface area contributed by atoms with Crippen LogP contribution >= 0.6 is 0 Å². The number of piperazine rings is 1. The van der Waals surface area contributed by atoms with E-state index in [0.717, 1.165) is 42.9 Å². The lowest BCUT2D eigenvalue weighted by atomic mass is 10.1. The van der Waals surface area contributed by atoms with E-state index in [1.807, 2.05) is 43.3 Å². The summed E-state index contributed by atoms with van der Waals surface area (Å²) in [7, 11) is 2.11. The molecule has 2 aromatic carbocycles. The zero-order chi connectivity index (χ0) is 23.5. The highest BCUT2D eigenvalue weighted by Crippen LogP contribution is 2.25. The number of nitrogens with one attached hydrogen (secondary N) is 2. The van der Waals surface area contributed by atoms with Crippen LogP contribution in [0.25, 0.3) is 5.57 Å². The Kier molecular flexibility index (Phi) is 6.09. The summed E-state index contributed by atoms with van der Waals surface area (Å²) < 4.78 is 0. The zero-order valence-corrected chi connectivity index (χ0v) is 19.4. The number of benzene rings is 2. The highest BCUT2D eigenvalue weighted by Gasteiger charge is 2.20. The smallest absolute Gasteiger partial charge is 0.235 e. The third-order valence-electron chi connectivity index (χ3n) is 5.99. The maximum Gasteiger partial charge on any atom is 0.235 e. The first-order valence-corrected chi connectivity index (χ1v) is 11.4. The summed E-state index contributed by atoms with van der Waals surface area (Å²) in [6, 6.07) is 15.6. The summed E-state index contributed by atoms with van der Waals surface area (Å²) in [6.07, 6.45) is 2.03. The van der Waals surface area contributed by atoms with Crippen molar-refractivity contribution in [2.75, 3.05) is 55.3 Å². The van der Waals surface area contributed by atoms with Gasteiger partial charge < -0.3 is 25.5 Å². The first-order chi connectivity index (χ1) is 16.5. The van der Waals surface area contributed by atoms with E-state index in [-0.39, 0.29) is 5.75 Å². The fourth-order valence-corrected chi connectivity index (χ4v) is 3.88. The first kappa shape index (κ1) is 21.8. The minimum atomic E-state index is 0.218. The molecular formula is C25H28N8O. The molecule has 0 bridgehead atoms.